The maximum absolute atomic E-state index is 12.8. The van der Waals surface area contributed by atoms with Crippen LogP contribution in [0.4, 0.5) is 5.69 Å². The smallest absolute Gasteiger partial charge is 0.274 e. The molecule has 2 aromatic heterocycles. The van der Waals surface area contributed by atoms with Crippen molar-refractivity contribution in [2.45, 2.75) is 20.3 Å². The highest BCUT2D eigenvalue weighted by Gasteiger charge is 2.20. The van der Waals surface area contributed by atoms with Gasteiger partial charge in [0.1, 0.15) is 11.4 Å². The molecule has 0 spiro atoms. The predicted octanol–water partition coefficient (Wildman–Crippen LogP) is 4.99. The Morgan fingerprint density at radius 1 is 1.32 bits per heavy atom. The van der Waals surface area contributed by atoms with Gasteiger partial charge in [-0.05, 0) is 31.5 Å². The minimum Gasteiger partial charge on any atom is -0.491 e. The summed E-state index contributed by atoms with van der Waals surface area (Å²) >= 11 is 12.2. The van der Waals surface area contributed by atoms with E-state index in [0.717, 1.165) is 6.42 Å². The van der Waals surface area contributed by atoms with Crippen molar-refractivity contribution in [2.75, 3.05) is 11.9 Å². The van der Waals surface area contributed by atoms with Crippen LogP contribution in [-0.2, 0) is 0 Å². The van der Waals surface area contributed by atoms with Crippen LogP contribution in [-0.4, -0.2) is 21.9 Å². The number of anilines is 1. The van der Waals surface area contributed by atoms with Crippen LogP contribution < -0.4 is 10.1 Å². The van der Waals surface area contributed by atoms with Gasteiger partial charge in [-0.1, -0.05) is 42.3 Å². The molecule has 2 heterocycles. The lowest BCUT2D eigenvalue weighted by Gasteiger charge is -2.12. The fraction of sp³-hybridized carbons (Fsp3) is 0.222. The zero-order valence-electron chi connectivity index (χ0n) is 13.8. The van der Waals surface area contributed by atoms with Gasteiger partial charge in [-0.3, -0.25) is 9.20 Å². The average Bonchev–Trinajstić information content (AvgIpc) is 2.90. The number of halogens is 2. The summed E-state index contributed by atoms with van der Waals surface area (Å²) in [6, 6.07) is 8.91. The highest BCUT2D eigenvalue weighted by Crippen LogP contribution is 2.27. The zero-order valence-corrected chi connectivity index (χ0v) is 15.4. The van der Waals surface area contributed by atoms with Crippen LogP contribution in [0.5, 0.6) is 5.75 Å². The molecule has 0 aliphatic carbocycles. The van der Waals surface area contributed by atoms with E-state index in [2.05, 4.69) is 10.3 Å². The van der Waals surface area contributed by atoms with Crippen molar-refractivity contribution < 1.29 is 9.53 Å². The van der Waals surface area contributed by atoms with Gasteiger partial charge < -0.3 is 10.1 Å². The molecule has 0 saturated heterocycles. The van der Waals surface area contributed by atoms with Crippen molar-refractivity contribution in [1.29, 1.82) is 0 Å². The van der Waals surface area contributed by atoms with Crippen LogP contribution in [0.15, 0.2) is 36.5 Å². The molecule has 0 unspecified atom stereocenters. The fourth-order valence-electron chi connectivity index (χ4n) is 2.55. The summed E-state index contributed by atoms with van der Waals surface area (Å²) in [5.41, 5.74) is 2.03. The van der Waals surface area contributed by atoms with Gasteiger partial charge in [0.05, 0.1) is 28.0 Å². The Balaban J connectivity index is 1.98. The molecule has 0 atom stereocenters. The van der Waals surface area contributed by atoms with E-state index in [-0.39, 0.29) is 5.91 Å². The number of ether oxygens (including phenoxy) is 1. The number of fused-ring (bicyclic) bond motifs is 1. The molecule has 1 N–H and O–H groups in total. The van der Waals surface area contributed by atoms with Crippen molar-refractivity contribution in [1.82, 2.24) is 9.38 Å². The molecule has 0 aliphatic heterocycles. The first-order valence-corrected chi connectivity index (χ1v) is 8.63. The predicted molar refractivity (Wildman–Crippen MR) is 100 cm³/mol. The fourth-order valence-corrected chi connectivity index (χ4v) is 3.06. The first-order chi connectivity index (χ1) is 12.0. The number of hydrogen-bond donors (Lipinski definition) is 1. The van der Waals surface area contributed by atoms with Crippen LogP contribution in [0, 0.1) is 6.92 Å². The van der Waals surface area contributed by atoms with Crippen molar-refractivity contribution in [3.63, 3.8) is 0 Å². The lowest BCUT2D eigenvalue weighted by Crippen LogP contribution is -2.16. The first kappa shape index (κ1) is 17.6. The van der Waals surface area contributed by atoms with E-state index in [9.17, 15) is 4.79 Å². The Hall–Kier alpha value is -2.24. The molecule has 25 heavy (non-hydrogen) atoms. The van der Waals surface area contributed by atoms with Crippen molar-refractivity contribution >= 4 is 40.4 Å². The number of amides is 1. The summed E-state index contributed by atoms with van der Waals surface area (Å²) in [5, 5.41) is 3.70. The number of nitrogens with zero attached hydrogens (tertiary/aromatic N) is 2. The number of aromatic nitrogens is 2. The van der Waals surface area contributed by atoms with Crippen LogP contribution in [0.2, 0.25) is 10.0 Å². The maximum Gasteiger partial charge on any atom is 0.274 e. The Morgan fingerprint density at radius 3 is 2.84 bits per heavy atom. The lowest BCUT2D eigenvalue weighted by molar-refractivity contribution is 0.102. The van der Waals surface area contributed by atoms with Crippen molar-refractivity contribution in [3.05, 3.63) is 58.0 Å². The molecular formula is C18H17Cl2N3O2. The number of carbonyl (C=O) groups excluding carboxylic acids is 1. The third kappa shape index (κ3) is 3.57. The van der Waals surface area contributed by atoms with Crippen molar-refractivity contribution in [3.8, 4) is 5.75 Å². The van der Waals surface area contributed by atoms with Gasteiger partial charge in [0, 0.05) is 6.20 Å². The van der Waals surface area contributed by atoms with E-state index in [4.69, 9.17) is 27.9 Å². The van der Waals surface area contributed by atoms with Gasteiger partial charge in [-0.15, -0.1) is 0 Å². The van der Waals surface area contributed by atoms with Gasteiger partial charge in [-0.2, -0.15) is 0 Å². The quantitative estimate of drug-likeness (QED) is 0.681. The Bertz CT molecular complexity index is 937. The number of para-hydroxylation sites is 2. The van der Waals surface area contributed by atoms with Crippen LogP contribution >= 0.6 is 23.2 Å². The van der Waals surface area contributed by atoms with Gasteiger partial charge >= 0.3 is 0 Å². The number of nitrogens with one attached hydrogen (secondary N) is 1. The van der Waals surface area contributed by atoms with Gasteiger partial charge in [-0.25, -0.2) is 4.98 Å². The summed E-state index contributed by atoms with van der Waals surface area (Å²) in [5.74, 6) is 0.316. The number of aryl methyl sites for hydroxylation is 1. The van der Waals surface area contributed by atoms with Gasteiger partial charge in [0.15, 0.2) is 5.65 Å². The number of carbonyl (C=O) groups is 1. The number of hydrogen-bond acceptors (Lipinski definition) is 3. The number of pyridine rings is 1. The molecule has 3 rings (SSSR count). The maximum atomic E-state index is 12.8. The van der Waals surface area contributed by atoms with E-state index >= 15 is 0 Å². The largest absolute Gasteiger partial charge is 0.491 e. The third-order valence-electron chi connectivity index (χ3n) is 3.63. The molecule has 7 heteroatoms. The van der Waals surface area contributed by atoms with E-state index in [1.54, 1.807) is 29.7 Å². The van der Waals surface area contributed by atoms with E-state index in [1.165, 1.54) is 0 Å². The SMILES string of the molecule is CCCOc1ccccc1NC(=O)c1c(C)nc2c(Cl)cc(Cl)cn12. The molecule has 1 aromatic carbocycles. The highest BCUT2D eigenvalue weighted by molar-refractivity contribution is 6.36. The minimum absolute atomic E-state index is 0.309. The minimum atomic E-state index is -0.309. The van der Waals surface area contributed by atoms with Crippen LogP contribution in [0.3, 0.4) is 0 Å². The summed E-state index contributed by atoms with van der Waals surface area (Å²) in [4.78, 5) is 17.2. The third-order valence-corrected chi connectivity index (χ3v) is 4.11. The number of imidazole rings is 1. The van der Waals surface area contributed by atoms with E-state index in [0.29, 0.717) is 45.1 Å². The first-order valence-electron chi connectivity index (χ1n) is 7.88. The monoisotopic (exact) mass is 377 g/mol. The zero-order chi connectivity index (χ0) is 18.0. The molecule has 0 saturated carbocycles. The lowest BCUT2D eigenvalue weighted by atomic mass is 10.2. The Labute approximate surface area is 155 Å². The average molecular weight is 378 g/mol. The molecular weight excluding hydrogens is 361 g/mol. The molecule has 0 bridgehead atoms. The normalized spacial score (nSPS) is 10.9. The molecule has 0 fully saturated rings. The van der Waals surface area contributed by atoms with Gasteiger partial charge in [0.2, 0.25) is 0 Å². The summed E-state index contributed by atoms with van der Waals surface area (Å²) in [6.07, 6.45) is 2.50. The number of benzene rings is 1. The Kier molecular flexibility index (Phi) is 5.16. The summed E-state index contributed by atoms with van der Waals surface area (Å²) < 4.78 is 7.28. The highest BCUT2D eigenvalue weighted by atomic mass is 35.5. The molecule has 0 aliphatic rings. The number of rotatable bonds is 5. The second kappa shape index (κ2) is 7.33. The molecule has 5 nitrogen and oxygen atoms in total. The molecule has 3 aromatic rings. The van der Waals surface area contributed by atoms with E-state index in [1.807, 2.05) is 25.1 Å². The van der Waals surface area contributed by atoms with Crippen molar-refractivity contribution in [2.24, 2.45) is 0 Å². The molecule has 1 amide bonds. The van der Waals surface area contributed by atoms with Crippen LogP contribution in [0.25, 0.3) is 5.65 Å². The standard InChI is InChI=1S/C18H17Cl2N3O2/c1-3-8-25-15-7-5-4-6-14(15)22-18(24)16-11(2)21-17-13(20)9-12(19)10-23(16)17/h4-7,9-10H,3,8H2,1-2H3,(H,22,24). The Morgan fingerprint density at radius 2 is 2.08 bits per heavy atom. The van der Waals surface area contributed by atoms with E-state index < -0.39 is 0 Å². The second-order valence-corrected chi connectivity index (χ2v) is 6.39. The topological polar surface area (TPSA) is 55.6 Å². The second-order valence-electron chi connectivity index (χ2n) is 5.54. The summed E-state index contributed by atoms with van der Waals surface area (Å²) in [7, 11) is 0. The molecule has 130 valence electrons. The summed E-state index contributed by atoms with van der Waals surface area (Å²) in [6.45, 7) is 4.36. The van der Waals surface area contributed by atoms with Gasteiger partial charge in [0.25, 0.3) is 5.91 Å². The van der Waals surface area contributed by atoms with Crippen LogP contribution in [0.1, 0.15) is 29.5 Å². The molecule has 0 radical (unpaired) electrons.